The van der Waals surface area contributed by atoms with Crippen LogP contribution in [0, 0.1) is 5.92 Å². The van der Waals surface area contributed by atoms with E-state index in [1.54, 1.807) is 0 Å². The second-order valence-corrected chi connectivity index (χ2v) is 5.94. The van der Waals surface area contributed by atoms with Crippen LogP contribution in [-0.4, -0.2) is 36.6 Å². The maximum Gasteiger partial charge on any atom is 0.0224 e. The molecule has 0 amide bonds. The zero-order valence-corrected chi connectivity index (χ0v) is 12.3. The van der Waals surface area contributed by atoms with Gasteiger partial charge in [-0.15, -0.1) is 0 Å². The summed E-state index contributed by atoms with van der Waals surface area (Å²) in [4.78, 5) is 2.66. The zero-order chi connectivity index (χ0) is 12.8. The summed E-state index contributed by atoms with van der Waals surface area (Å²) < 4.78 is 0. The summed E-state index contributed by atoms with van der Waals surface area (Å²) in [6.45, 7) is 14.8. The topological polar surface area (TPSA) is 15.3 Å². The van der Waals surface area contributed by atoms with Gasteiger partial charge in [-0.05, 0) is 26.2 Å². The van der Waals surface area contributed by atoms with Crippen LogP contribution in [0.4, 0.5) is 0 Å². The van der Waals surface area contributed by atoms with Crippen molar-refractivity contribution in [3.8, 4) is 0 Å². The molecule has 1 saturated heterocycles. The molecule has 17 heavy (non-hydrogen) atoms. The Labute approximate surface area is 107 Å². The number of allylic oxidation sites excluding steroid dienone is 1. The third-order valence-corrected chi connectivity index (χ3v) is 3.72. The van der Waals surface area contributed by atoms with E-state index < -0.39 is 0 Å². The van der Waals surface area contributed by atoms with Crippen LogP contribution < -0.4 is 5.32 Å². The summed E-state index contributed by atoms with van der Waals surface area (Å²) in [7, 11) is 0. The average Bonchev–Trinajstić information content (AvgIpc) is 2.27. The zero-order valence-electron chi connectivity index (χ0n) is 12.3. The van der Waals surface area contributed by atoms with Crippen LogP contribution in [0.1, 0.15) is 47.5 Å². The van der Waals surface area contributed by atoms with Gasteiger partial charge in [0.25, 0.3) is 0 Å². The van der Waals surface area contributed by atoms with E-state index in [1.165, 1.54) is 25.0 Å². The molecule has 0 aromatic heterocycles. The second-order valence-electron chi connectivity index (χ2n) is 5.94. The van der Waals surface area contributed by atoms with E-state index in [9.17, 15) is 0 Å². The minimum Gasteiger partial charge on any atom is -0.311 e. The third kappa shape index (κ3) is 4.81. The molecule has 0 spiro atoms. The summed E-state index contributed by atoms with van der Waals surface area (Å²) in [5.74, 6) is 0.728. The highest BCUT2D eigenvalue weighted by molar-refractivity contribution is 4.98. The summed E-state index contributed by atoms with van der Waals surface area (Å²) in [5.41, 5.74) is 1.43. The van der Waals surface area contributed by atoms with E-state index in [1.807, 2.05) is 0 Å². The van der Waals surface area contributed by atoms with Gasteiger partial charge in [-0.25, -0.2) is 0 Å². The molecule has 1 aliphatic rings. The Balaban J connectivity index is 2.59. The number of nitrogens with zero attached hydrogens (tertiary/aromatic N) is 1. The summed E-state index contributed by atoms with van der Waals surface area (Å²) in [5, 5.41) is 3.71. The Kier molecular flexibility index (Phi) is 6.21. The van der Waals surface area contributed by atoms with Gasteiger partial charge in [0.2, 0.25) is 0 Å². The Morgan fingerprint density at radius 1 is 1.41 bits per heavy atom. The van der Waals surface area contributed by atoms with Gasteiger partial charge in [-0.3, -0.25) is 4.90 Å². The van der Waals surface area contributed by atoms with Gasteiger partial charge in [0.15, 0.2) is 0 Å². The minimum absolute atomic E-state index is 0.661. The number of piperazine rings is 1. The van der Waals surface area contributed by atoms with Crippen molar-refractivity contribution >= 4 is 0 Å². The molecule has 1 fully saturated rings. The molecule has 2 unspecified atom stereocenters. The van der Waals surface area contributed by atoms with Crippen LogP contribution in [0.25, 0.3) is 0 Å². The van der Waals surface area contributed by atoms with Gasteiger partial charge < -0.3 is 5.32 Å². The summed E-state index contributed by atoms with van der Waals surface area (Å²) >= 11 is 0. The van der Waals surface area contributed by atoms with Crippen molar-refractivity contribution in [1.29, 1.82) is 0 Å². The fourth-order valence-corrected chi connectivity index (χ4v) is 2.47. The maximum absolute atomic E-state index is 3.71. The Hall–Kier alpha value is -0.340. The van der Waals surface area contributed by atoms with Crippen LogP contribution in [0.3, 0.4) is 0 Å². The number of rotatable bonds is 5. The van der Waals surface area contributed by atoms with Crippen molar-refractivity contribution in [2.75, 3.05) is 19.6 Å². The van der Waals surface area contributed by atoms with Crippen molar-refractivity contribution < 1.29 is 0 Å². The first-order chi connectivity index (χ1) is 8.04. The number of hydrogen-bond acceptors (Lipinski definition) is 2. The number of nitrogens with one attached hydrogen (secondary N) is 1. The lowest BCUT2D eigenvalue weighted by Crippen LogP contribution is -2.57. The molecule has 2 nitrogen and oxygen atoms in total. The Morgan fingerprint density at radius 2 is 2.12 bits per heavy atom. The summed E-state index contributed by atoms with van der Waals surface area (Å²) in [6.07, 6.45) is 4.96. The first kappa shape index (κ1) is 14.7. The second kappa shape index (κ2) is 7.17. The highest BCUT2D eigenvalue weighted by Crippen LogP contribution is 2.16. The first-order valence-electron chi connectivity index (χ1n) is 7.15. The lowest BCUT2D eigenvalue weighted by Gasteiger charge is -2.41. The molecule has 2 atom stereocenters. The maximum atomic E-state index is 3.71. The standard InChI is InChI=1S/C15H30N2/c1-6-7-14-10-16-15(13(4)5)11-17(14)9-8-12(2)3/h8,13-16H,6-7,9-11H2,1-5H3. The third-order valence-electron chi connectivity index (χ3n) is 3.72. The molecule has 1 N–H and O–H groups in total. The van der Waals surface area contributed by atoms with Crippen molar-refractivity contribution in [2.45, 2.75) is 59.5 Å². The highest BCUT2D eigenvalue weighted by Gasteiger charge is 2.27. The smallest absolute Gasteiger partial charge is 0.0224 e. The van der Waals surface area contributed by atoms with Crippen molar-refractivity contribution in [2.24, 2.45) is 5.92 Å². The fraction of sp³-hybridized carbons (Fsp3) is 0.867. The SMILES string of the molecule is CCCC1CNC(C(C)C)CN1CC=C(C)C. The quantitative estimate of drug-likeness (QED) is 0.741. The molecule has 1 aliphatic heterocycles. The Bertz CT molecular complexity index is 241. The average molecular weight is 238 g/mol. The monoisotopic (exact) mass is 238 g/mol. The molecule has 1 heterocycles. The molecule has 0 saturated carbocycles. The van der Waals surface area contributed by atoms with Crippen molar-refractivity contribution in [3.05, 3.63) is 11.6 Å². The minimum atomic E-state index is 0.661. The molecule has 1 rings (SSSR count). The molecule has 0 aromatic rings. The first-order valence-corrected chi connectivity index (χ1v) is 7.15. The number of hydrogen-bond donors (Lipinski definition) is 1. The van der Waals surface area contributed by atoms with Crippen LogP contribution in [0.2, 0.25) is 0 Å². The van der Waals surface area contributed by atoms with Gasteiger partial charge >= 0.3 is 0 Å². The van der Waals surface area contributed by atoms with Crippen LogP contribution in [0.5, 0.6) is 0 Å². The molecule has 2 heteroatoms. The van der Waals surface area contributed by atoms with E-state index in [4.69, 9.17) is 0 Å². The largest absolute Gasteiger partial charge is 0.311 e. The van der Waals surface area contributed by atoms with Crippen LogP contribution >= 0.6 is 0 Å². The molecule has 0 aliphatic carbocycles. The summed E-state index contributed by atoms with van der Waals surface area (Å²) in [6, 6.07) is 1.39. The van der Waals surface area contributed by atoms with Gasteiger partial charge in [0, 0.05) is 31.7 Å². The van der Waals surface area contributed by atoms with Crippen molar-refractivity contribution in [1.82, 2.24) is 10.2 Å². The lowest BCUT2D eigenvalue weighted by molar-refractivity contribution is 0.119. The van der Waals surface area contributed by atoms with E-state index in [2.05, 4.69) is 50.9 Å². The van der Waals surface area contributed by atoms with Gasteiger partial charge in [0.05, 0.1) is 0 Å². The molecular weight excluding hydrogens is 208 g/mol. The van der Waals surface area contributed by atoms with E-state index >= 15 is 0 Å². The predicted octanol–water partition coefficient (Wildman–Crippen LogP) is 3.05. The molecule has 0 radical (unpaired) electrons. The van der Waals surface area contributed by atoms with Gasteiger partial charge in [-0.2, -0.15) is 0 Å². The van der Waals surface area contributed by atoms with E-state index in [0.717, 1.165) is 25.0 Å². The fourth-order valence-electron chi connectivity index (χ4n) is 2.47. The van der Waals surface area contributed by atoms with Crippen LogP contribution in [0.15, 0.2) is 11.6 Å². The Morgan fingerprint density at radius 3 is 2.65 bits per heavy atom. The van der Waals surface area contributed by atoms with E-state index in [-0.39, 0.29) is 0 Å². The van der Waals surface area contributed by atoms with Crippen LogP contribution in [-0.2, 0) is 0 Å². The van der Waals surface area contributed by atoms with E-state index in [0.29, 0.717) is 6.04 Å². The van der Waals surface area contributed by atoms with Crippen molar-refractivity contribution in [3.63, 3.8) is 0 Å². The molecule has 100 valence electrons. The molecule has 0 aromatic carbocycles. The normalized spacial score (nSPS) is 26.2. The van der Waals surface area contributed by atoms with Gasteiger partial charge in [-0.1, -0.05) is 38.8 Å². The lowest BCUT2D eigenvalue weighted by atomic mass is 9.97. The highest BCUT2D eigenvalue weighted by atomic mass is 15.2. The predicted molar refractivity (Wildman–Crippen MR) is 76.3 cm³/mol. The molecule has 0 bridgehead atoms. The van der Waals surface area contributed by atoms with Gasteiger partial charge in [0.1, 0.15) is 0 Å². The molecular formula is C15H30N2.